The minimum atomic E-state index is -0.0862. The Labute approximate surface area is 185 Å². The Morgan fingerprint density at radius 2 is 1.75 bits per heavy atom. The number of nitrogens with zero attached hydrogens (tertiary/aromatic N) is 9. The Kier molecular flexibility index (Phi) is 5.36. The van der Waals surface area contributed by atoms with Gasteiger partial charge >= 0.3 is 0 Å². The molecule has 10 heteroatoms. The van der Waals surface area contributed by atoms with E-state index < -0.39 is 0 Å². The van der Waals surface area contributed by atoms with Crippen LogP contribution >= 0.6 is 0 Å². The molecule has 1 aliphatic heterocycles. The van der Waals surface area contributed by atoms with Crippen molar-refractivity contribution in [3.05, 3.63) is 59.0 Å². The predicted molar refractivity (Wildman–Crippen MR) is 121 cm³/mol. The lowest BCUT2D eigenvalue weighted by Gasteiger charge is -2.35. The van der Waals surface area contributed by atoms with Crippen LogP contribution in [0.5, 0.6) is 0 Å². The molecule has 1 saturated heterocycles. The highest BCUT2D eigenvalue weighted by atomic mass is 16.1. The maximum atomic E-state index is 12.3. The molecule has 1 fully saturated rings. The fourth-order valence-corrected chi connectivity index (χ4v) is 4.06. The molecule has 10 nitrogen and oxygen atoms in total. The molecule has 0 bridgehead atoms. The summed E-state index contributed by atoms with van der Waals surface area (Å²) >= 11 is 0. The van der Waals surface area contributed by atoms with Gasteiger partial charge < -0.3 is 4.90 Å². The van der Waals surface area contributed by atoms with Crippen LogP contribution in [0.15, 0.2) is 47.7 Å². The molecule has 0 aromatic carbocycles. The summed E-state index contributed by atoms with van der Waals surface area (Å²) in [6.07, 6.45) is 5.29. The number of aromatic nitrogens is 7. The summed E-state index contributed by atoms with van der Waals surface area (Å²) in [5, 5.41) is 9.87. The first-order valence-corrected chi connectivity index (χ1v) is 10.7. The van der Waals surface area contributed by atoms with Gasteiger partial charge in [-0.2, -0.15) is 10.2 Å². The average molecular weight is 432 g/mol. The van der Waals surface area contributed by atoms with E-state index in [9.17, 15) is 4.79 Å². The number of piperazine rings is 1. The Morgan fingerprint density at radius 3 is 2.53 bits per heavy atom. The second-order valence-corrected chi connectivity index (χ2v) is 7.94. The monoisotopic (exact) mass is 431 g/mol. The fourth-order valence-electron chi connectivity index (χ4n) is 4.06. The molecule has 0 radical (unpaired) electrons. The van der Waals surface area contributed by atoms with E-state index in [-0.39, 0.29) is 5.56 Å². The highest BCUT2D eigenvalue weighted by Crippen LogP contribution is 2.24. The second kappa shape index (κ2) is 8.46. The van der Waals surface area contributed by atoms with Gasteiger partial charge in [0.1, 0.15) is 11.6 Å². The predicted octanol–water partition coefficient (Wildman–Crippen LogP) is 1.11. The topological polar surface area (TPSA) is 97.9 Å². The number of anilines is 1. The van der Waals surface area contributed by atoms with Crippen molar-refractivity contribution in [2.24, 2.45) is 7.05 Å². The summed E-state index contributed by atoms with van der Waals surface area (Å²) in [6.45, 7) is 6.74. The molecule has 0 amide bonds. The summed E-state index contributed by atoms with van der Waals surface area (Å²) in [5.74, 6) is 1.70. The van der Waals surface area contributed by atoms with E-state index in [0.29, 0.717) is 6.54 Å². The third-order valence-electron chi connectivity index (χ3n) is 5.83. The van der Waals surface area contributed by atoms with Crippen molar-refractivity contribution >= 4 is 16.9 Å². The first-order chi connectivity index (χ1) is 15.6. The van der Waals surface area contributed by atoms with Crippen LogP contribution in [0.1, 0.15) is 5.82 Å². The van der Waals surface area contributed by atoms with Crippen molar-refractivity contribution in [1.82, 2.24) is 39.4 Å². The maximum absolute atomic E-state index is 12.3. The molecule has 0 N–H and O–H groups in total. The van der Waals surface area contributed by atoms with Crippen LogP contribution in [-0.4, -0.2) is 72.1 Å². The second-order valence-electron chi connectivity index (χ2n) is 7.94. The molecule has 164 valence electrons. The minimum Gasteiger partial charge on any atom is -0.353 e. The molecule has 5 heterocycles. The highest BCUT2D eigenvalue weighted by Gasteiger charge is 2.21. The van der Waals surface area contributed by atoms with Gasteiger partial charge in [-0.3, -0.25) is 19.4 Å². The average Bonchev–Trinajstić information content (AvgIpc) is 3.19. The van der Waals surface area contributed by atoms with Crippen molar-refractivity contribution in [3.63, 3.8) is 0 Å². The molecule has 1 aliphatic rings. The minimum absolute atomic E-state index is 0.0862. The summed E-state index contributed by atoms with van der Waals surface area (Å²) in [6, 6.07) is 7.13. The molecule has 0 aliphatic carbocycles. The van der Waals surface area contributed by atoms with Gasteiger partial charge in [0, 0.05) is 63.8 Å². The molecule has 5 rings (SSSR count). The number of fused-ring (bicyclic) bond motifs is 1. The Hall–Kier alpha value is -3.66. The van der Waals surface area contributed by atoms with Crippen LogP contribution < -0.4 is 10.5 Å². The Morgan fingerprint density at radius 1 is 0.969 bits per heavy atom. The van der Waals surface area contributed by atoms with E-state index >= 15 is 0 Å². The van der Waals surface area contributed by atoms with Gasteiger partial charge in [0.05, 0.1) is 23.8 Å². The lowest BCUT2D eigenvalue weighted by molar-refractivity contribution is 0.242. The molecule has 0 spiro atoms. The van der Waals surface area contributed by atoms with Crippen molar-refractivity contribution < 1.29 is 0 Å². The standard InChI is InChI=1S/C22H25N9O/c1-16-25-21-18(15-24-28(21)2)22(26-16)30-12-9-29(10-13-30)11-14-31-20(32)4-3-19(27-31)17-5-7-23-8-6-17/h3-8,15H,9-14H2,1-2H3. The Balaban J connectivity index is 1.24. The van der Waals surface area contributed by atoms with Gasteiger partial charge in [-0.1, -0.05) is 0 Å². The number of aryl methyl sites for hydroxylation is 2. The summed E-state index contributed by atoms with van der Waals surface area (Å²) < 4.78 is 3.34. The normalized spacial score (nSPS) is 14.9. The van der Waals surface area contributed by atoms with E-state index in [4.69, 9.17) is 4.98 Å². The molecular formula is C22H25N9O. The van der Waals surface area contributed by atoms with Gasteiger partial charge in [-0.05, 0) is 25.1 Å². The zero-order chi connectivity index (χ0) is 22.1. The van der Waals surface area contributed by atoms with E-state index in [1.807, 2.05) is 32.3 Å². The van der Waals surface area contributed by atoms with Gasteiger partial charge in [0.2, 0.25) is 0 Å². The SMILES string of the molecule is Cc1nc(N2CCN(CCn3nc(-c4ccncc4)ccc3=O)CC2)c2cnn(C)c2n1. The lowest BCUT2D eigenvalue weighted by Crippen LogP contribution is -2.48. The van der Waals surface area contributed by atoms with Crippen molar-refractivity contribution in [2.75, 3.05) is 37.6 Å². The van der Waals surface area contributed by atoms with Crippen LogP contribution in [0.25, 0.3) is 22.3 Å². The van der Waals surface area contributed by atoms with Crippen LogP contribution in [0, 0.1) is 6.92 Å². The van der Waals surface area contributed by atoms with E-state index in [0.717, 1.165) is 66.7 Å². The van der Waals surface area contributed by atoms with Crippen LogP contribution in [0.3, 0.4) is 0 Å². The molecule has 0 unspecified atom stereocenters. The quantitative estimate of drug-likeness (QED) is 0.464. The van der Waals surface area contributed by atoms with Crippen molar-refractivity contribution in [3.8, 4) is 11.3 Å². The van der Waals surface area contributed by atoms with E-state index in [1.165, 1.54) is 0 Å². The van der Waals surface area contributed by atoms with Gasteiger partial charge in [0.15, 0.2) is 5.65 Å². The summed E-state index contributed by atoms with van der Waals surface area (Å²) in [5.41, 5.74) is 2.49. The first-order valence-electron chi connectivity index (χ1n) is 10.7. The molecular weight excluding hydrogens is 406 g/mol. The zero-order valence-corrected chi connectivity index (χ0v) is 18.2. The molecule has 0 atom stereocenters. The molecule has 32 heavy (non-hydrogen) atoms. The Bertz CT molecular complexity index is 1290. The van der Waals surface area contributed by atoms with Crippen LogP contribution in [0.2, 0.25) is 0 Å². The van der Waals surface area contributed by atoms with Crippen molar-refractivity contribution in [1.29, 1.82) is 0 Å². The van der Waals surface area contributed by atoms with Gasteiger partial charge in [0.25, 0.3) is 5.56 Å². The van der Waals surface area contributed by atoms with Crippen LogP contribution in [0.4, 0.5) is 5.82 Å². The third-order valence-corrected chi connectivity index (χ3v) is 5.83. The zero-order valence-electron chi connectivity index (χ0n) is 18.2. The summed E-state index contributed by atoms with van der Waals surface area (Å²) in [4.78, 5) is 30.2. The lowest BCUT2D eigenvalue weighted by atomic mass is 10.2. The third kappa shape index (κ3) is 3.96. The fraction of sp³-hybridized carbons (Fsp3) is 0.364. The smallest absolute Gasteiger partial charge is 0.266 e. The largest absolute Gasteiger partial charge is 0.353 e. The number of pyridine rings is 1. The highest BCUT2D eigenvalue weighted by molar-refractivity contribution is 5.87. The number of hydrogen-bond donors (Lipinski definition) is 0. The number of rotatable bonds is 5. The summed E-state index contributed by atoms with van der Waals surface area (Å²) in [7, 11) is 1.90. The molecule has 4 aromatic heterocycles. The van der Waals surface area contributed by atoms with Gasteiger partial charge in [-0.25, -0.2) is 14.6 Å². The van der Waals surface area contributed by atoms with Crippen LogP contribution in [-0.2, 0) is 13.6 Å². The maximum Gasteiger partial charge on any atom is 0.266 e. The van der Waals surface area contributed by atoms with E-state index in [1.54, 1.807) is 33.9 Å². The molecule has 0 saturated carbocycles. The van der Waals surface area contributed by atoms with Gasteiger partial charge in [-0.15, -0.1) is 0 Å². The number of hydrogen-bond acceptors (Lipinski definition) is 8. The van der Waals surface area contributed by atoms with Crippen molar-refractivity contribution in [2.45, 2.75) is 13.5 Å². The first kappa shape index (κ1) is 20.3. The molecule has 4 aromatic rings. The van der Waals surface area contributed by atoms with E-state index in [2.05, 4.69) is 30.0 Å².